The molecule has 3 aromatic carbocycles. The van der Waals surface area contributed by atoms with E-state index < -0.39 is 11.4 Å². The molecule has 0 radical (unpaired) electrons. The molecule has 2 aliphatic rings. The second-order valence-corrected chi connectivity index (χ2v) is 15.7. The number of benzene rings is 3. The number of aromatic amines is 1. The number of nitrogens with one attached hydrogen (secondary N) is 3. The Bertz CT molecular complexity index is 2790. The predicted octanol–water partition coefficient (Wildman–Crippen LogP) is 6.59. The van der Waals surface area contributed by atoms with Crippen molar-refractivity contribution in [2.45, 2.75) is 45.4 Å². The molecule has 300 valence electrons. The van der Waals surface area contributed by atoms with Crippen molar-refractivity contribution in [3.05, 3.63) is 136 Å². The molecule has 6 heterocycles. The van der Waals surface area contributed by atoms with Gasteiger partial charge in [0.1, 0.15) is 16.8 Å². The van der Waals surface area contributed by atoms with E-state index in [1.54, 1.807) is 42.8 Å². The zero-order valence-corrected chi connectivity index (χ0v) is 33.2. The number of nitrogens with zero attached hydrogens (tertiary/aromatic N) is 7. The molecule has 1 unspecified atom stereocenters. The first kappa shape index (κ1) is 37.9. The Morgan fingerprint density at radius 3 is 2.49 bits per heavy atom. The molecule has 0 saturated carbocycles. The molecule has 4 N–H and O–H groups in total. The van der Waals surface area contributed by atoms with Gasteiger partial charge in [0.15, 0.2) is 11.5 Å². The molecule has 59 heavy (non-hydrogen) atoms. The second-order valence-electron chi connectivity index (χ2n) is 15.7. The van der Waals surface area contributed by atoms with Gasteiger partial charge in [-0.1, -0.05) is 36.4 Å². The summed E-state index contributed by atoms with van der Waals surface area (Å²) < 4.78 is 17.6. The molecule has 13 nitrogen and oxygen atoms in total. The van der Waals surface area contributed by atoms with Gasteiger partial charge in [-0.15, -0.1) is 6.58 Å². The summed E-state index contributed by atoms with van der Waals surface area (Å²) in [6, 6.07) is 25.0. The van der Waals surface area contributed by atoms with Crippen LogP contribution in [0.3, 0.4) is 0 Å². The number of piperazine rings is 1. The van der Waals surface area contributed by atoms with E-state index in [2.05, 4.69) is 85.3 Å². The van der Waals surface area contributed by atoms with Gasteiger partial charge in [-0.25, -0.2) is 23.7 Å². The lowest BCUT2D eigenvalue weighted by atomic mass is 9.98. The smallest absolute Gasteiger partial charge is 0.278 e. The number of carbonyl (C=O) groups excluding carboxylic acids is 1. The lowest BCUT2D eigenvalue weighted by Crippen LogP contribution is -2.47. The molecular formula is C45H45FN10O3. The predicted molar refractivity (Wildman–Crippen MR) is 228 cm³/mol. The van der Waals surface area contributed by atoms with E-state index in [0.717, 1.165) is 59.8 Å². The van der Waals surface area contributed by atoms with Crippen LogP contribution < -0.4 is 21.1 Å². The van der Waals surface area contributed by atoms with Gasteiger partial charge in [0.2, 0.25) is 5.95 Å². The van der Waals surface area contributed by atoms with Crippen LogP contribution in [0.25, 0.3) is 39.0 Å². The number of hydrogen-bond donors (Lipinski definition) is 4. The molecule has 0 bridgehead atoms. The molecule has 1 saturated heterocycles. The highest BCUT2D eigenvalue weighted by molar-refractivity contribution is 6.10. The van der Waals surface area contributed by atoms with E-state index in [-0.39, 0.29) is 24.1 Å². The number of rotatable bonds is 10. The molecule has 1 amide bonds. The van der Waals surface area contributed by atoms with Crippen molar-refractivity contribution in [2.75, 3.05) is 42.9 Å². The SMILES string of the molecule is C=CCn1c(=O)c2cnc(Nc3ccc(N4CCN(C(C)c5ccc(-c6[nH]c7cc(F)cc8c7c6CCNC8=O)cc5)CC4)cc3)nc2n1-c1cccc(C(C)(C)O)n1. The zero-order chi connectivity index (χ0) is 41.0. The average Bonchev–Trinajstić information content (AvgIpc) is 3.67. The van der Waals surface area contributed by atoms with Crippen LogP contribution in [0.4, 0.5) is 21.7 Å². The third-order valence-corrected chi connectivity index (χ3v) is 11.5. The van der Waals surface area contributed by atoms with E-state index in [1.807, 2.05) is 12.1 Å². The Morgan fingerprint density at radius 2 is 1.76 bits per heavy atom. The largest absolute Gasteiger partial charge is 0.384 e. The van der Waals surface area contributed by atoms with Gasteiger partial charge in [0.25, 0.3) is 11.5 Å². The van der Waals surface area contributed by atoms with Gasteiger partial charge < -0.3 is 25.6 Å². The number of halogens is 1. The van der Waals surface area contributed by atoms with Gasteiger partial charge in [0.05, 0.1) is 17.8 Å². The van der Waals surface area contributed by atoms with E-state index in [9.17, 15) is 19.1 Å². The van der Waals surface area contributed by atoms with Crippen LogP contribution >= 0.6 is 0 Å². The number of allylic oxidation sites excluding steroid dienone is 1. The zero-order valence-electron chi connectivity index (χ0n) is 33.2. The quantitative estimate of drug-likeness (QED) is 0.113. The molecule has 4 aromatic heterocycles. The fraction of sp³-hybridized carbons (Fsp3) is 0.267. The molecule has 2 aliphatic heterocycles. The third-order valence-electron chi connectivity index (χ3n) is 11.5. The molecular weight excluding hydrogens is 748 g/mol. The highest BCUT2D eigenvalue weighted by atomic mass is 19.1. The number of aromatic nitrogens is 6. The number of anilines is 3. The lowest BCUT2D eigenvalue weighted by Gasteiger charge is -2.39. The summed E-state index contributed by atoms with van der Waals surface area (Å²) in [5.74, 6) is 0.0961. The summed E-state index contributed by atoms with van der Waals surface area (Å²) in [5, 5.41) is 17.9. The Morgan fingerprint density at radius 1 is 1.00 bits per heavy atom. The van der Waals surface area contributed by atoms with Gasteiger partial charge in [-0.3, -0.25) is 14.5 Å². The topological polar surface area (TPSA) is 149 Å². The summed E-state index contributed by atoms with van der Waals surface area (Å²) in [6.07, 6.45) is 3.83. The van der Waals surface area contributed by atoms with E-state index >= 15 is 0 Å². The molecule has 1 fully saturated rings. The number of hydrogen-bond acceptors (Lipinski definition) is 9. The van der Waals surface area contributed by atoms with Crippen molar-refractivity contribution in [1.29, 1.82) is 0 Å². The van der Waals surface area contributed by atoms with Crippen molar-refractivity contribution in [3.8, 4) is 17.1 Å². The maximum Gasteiger partial charge on any atom is 0.278 e. The van der Waals surface area contributed by atoms with E-state index in [1.165, 1.54) is 28.6 Å². The molecule has 14 heteroatoms. The Labute approximate surface area is 339 Å². The number of H-pyrrole nitrogens is 1. The van der Waals surface area contributed by atoms with Gasteiger partial charge in [0, 0.05) is 72.9 Å². The van der Waals surface area contributed by atoms with Crippen LogP contribution in [0.5, 0.6) is 0 Å². The van der Waals surface area contributed by atoms with Crippen LogP contribution in [0.2, 0.25) is 0 Å². The summed E-state index contributed by atoms with van der Waals surface area (Å²) in [4.78, 5) is 48.2. The summed E-state index contributed by atoms with van der Waals surface area (Å²) in [5.41, 5.74) is 6.55. The summed E-state index contributed by atoms with van der Waals surface area (Å²) >= 11 is 0. The number of carbonyl (C=O) groups is 1. The van der Waals surface area contributed by atoms with Gasteiger partial charge in [-0.2, -0.15) is 4.98 Å². The van der Waals surface area contributed by atoms with Crippen molar-refractivity contribution < 1.29 is 14.3 Å². The summed E-state index contributed by atoms with van der Waals surface area (Å²) in [6.45, 7) is 13.7. The number of amides is 1. The first-order valence-electron chi connectivity index (χ1n) is 19.9. The van der Waals surface area contributed by atoms with Crippen molar-refractivity contribution in [2.24, 2.45) is 0 Å². The van der Waals surface area contributed by atoms with Crippen LogP contribution in [0.1, 0.15) is 54.0 Å². The molecule has 1 atom stereocenters. The van der Waals surface area contributed by atoms with Crippen LogP contribution in [-0.4, -0.2) is 77.9 Å². The lowest BCUT2D eigenvalue weighted by molar-refractivity contribution is 0.0737. The van der Waals surface area contributed by atoms with Crippen molar-refractivity contribution in [1.82, 2.24) is 39.5 Å². The number of fused-ring (bicyclic) bond motifs is 1. The molecule has 0 aliphatic carbocycles. The molecule has 7 aromatic rings. The Kier molecular flexibility index (Phi) is 9.60. The highest BCUT2D eigenvalue weighted by Gasteiger charge is 2.26. The van der Waals surface area contributed by atoms with Crippen LogP contribution in [-0.2, 0) is 18.6 Å². The van der Waals surface area contributed by atoms with Gasteiger partial charge in [-0.05, 0) is 92.4 Å². The van der Waals surface area contributed by atoms with E-state index in [4.69, 9.17) is 4.98 Å². The average molecular weight is 793 g/mol. The Balaban J connectivity index is 0.867. The number of pyridine rings is 1. The minimum atomic E-state index is -1.17. The Hall–Kier alpha value is -6.64. The first-order chi connectivity index (χ1) is 28.5. The summed E-state index contributed by atoms with van der Waals surface area (Å²) in [7, 11) is 0. The highest BCUT2D eigenvalue weighted by Crippen LogP contribution is 2.36. The van der Waals surface area contributed by atoms with Crippen LogP contribution in [0, 0.1) is 5.82 Å². The second kappa shape index (κ2) is 14.9. The first-order valence-corrected chi connectivity index (χ1v) is 19.9. The molecule has 0 spiro atoms. The standard InChI is InChI=1S/C45H45FN10O3/c1-5-19-55-43(58)35-26-48-44(52-41(35)56(55)38-8-6-7-37(51-38)45(3,4)59)49-31-13-15-32(16-14-31)54-22-20-53(21-23-54)27(2)28-9-11-29(12-10-28)40-33-17-18-47-42(57)34-24-30(46)25-36(50-40)39(33)34/h5-16,24-27,50,59H,1,17-23H2,2-4H3,(H,47,57)(H,48,49,52). The van der Waals surface area contributed by atoms with Gasteiger partial charge >= 0.3 is 0 Å². The van der Waals surface area contributed by atoms with Crippen molar-refractivity contribution in [3.63, 3.8) is 0 Å². The fourth-order valence-electron chi connectivity index (χ4n) is 8.32. The van der Waals surface area contributed by atoms with E-state index in [0.29, 0.717) is 52.5 Å². The minimum absolute atomic E-state index is 0.216. The monoisotopic (exact) mass is 792 g/mol. The minimum Gasteiger partial charge on any atom is -0.384 e. The maximum atomic E-state index is 14.4. The number of aliphatic hydroxyl groups is 1. The fourth-order valence-corrected chi connectivity index (χ4v) is 8.32. The normalized spacial score (nSPS) is 15.3. The molecule has 9 rings (SSSR count). The maximum absolute atomic E-state index is 14.4. The van der Waals surface area contributed by atoms with Crippen molar-refractivity contribution >= 4 is 45.2 Å². The van der Waals surface area contributed by atoms with Crippen LogP contribution in [0.15, 0.2) is 103 Å². The third kappa shape index (κ3) is 7.04.